The molecule has 1 saturated heterocycles. The Morgan fingerprint density at radius 3 is 2.90 bits per heavy atom. The van der Waals surface area contributed by atoms with E-state index in [-0.39, 0.29) is 5.84 Å². The maximum absolute atomic E-state index is 7.83. The number of anilines is 1. The minimum absolute atomic E-state index is 0.109. The Labute approximate surface area is 125 Å². The summed E-state index contributed by atoms with van der Waals surface area (Å²) < 4.78 is 0. The van der Waals surface area contributed by atoms with Crippen molar-refractivity contribution >= 4 is 22.6 Å². The lowest BCUT2D eigenvalue weighted by Crippen LogP contribution is -2.26. The smallest absolute Gasteiger partial charge is 0.129 e. The maximum atomic E-state index is 7.83. The molecule has 4 heteroatoms. The van der Waals surface area contributed by atoms with Gasteiger partial charge in [-0.2, -0.15) is 0 Å². The van der Waals surface area contributed by atoms with Gasteiger partial charge in [0.1, 0.15) is 11.7 Å². The first kappa shape index (κ1) is 13.9. The van der Waals surface area contributed by atoms with Gasteiger partial charge in [0.15, 0.2) is 0 Å². The van der Waals surface area contributed by atoms with E-state index in [2.05, 4.69) is 11.8 Å². The summed E-state index contributed by atoms with van der Waals surface area (Å²) in [6, 6.07) is 9.89. The van der Waals surface area contributed by atoms with Gasteiger partial charge in [-0.15, -0.1) is 0 Å². The fourth-order valence-electron chi connectivity index (χ4n) is 3.04. The first-order chi connectivity index (χ1) is 10.1. The molecule has 0 saturated carbocycles. The second kappa shape index (κ2) is 5.72. The molecule has 1 aromatic carbocycles. The van der Waals surface area contributed by atoms with E-state index in [0.717, 1.165) is 41.3 Å². The van der Waals surface area contributed by atoms with E-state index < -0.39 is 0 Å². The Balaban J connectivity index is 2.04. The highest BCUT2D eigenvalue weighted by molar-refractivity contribution is 6.07. The monoisotopic (exact) mass is 282 g/mol. The van der Waals surface area contributed by atoms with E-state index in [0.29, 0.717) is 0 Å². The van der Waals surface area contributed by atoms with Crippen molar-refractivity contribution in [3.63, 3.8) is 0 Å². The van der Waals surface area contributed by atoms with E-state index in [9.17, 15) is 0 Å². The third-order valence-corrected chi connectivity index (χ3v) is 4.33. The van der Waals surface area contributed by atoms with Crippen molar-refractivity contribution < 1.29 is 0 Å². The Hall–Kier alpha value is -2.10. The molecule has 0 aliphatic carbocycles. The third-order valence-electron chi connectivity index (χ3n) is 4.33. The molecule has 2 heterocycles. The van der Waals surface area contributed by atoms with Gasteiger partial charge in [0.25, 0.3) is 0 Å². The van der Waals surface area contributed by atoms with Crippen LogP contribution in [-0.4, -0.2) is 23.9 Å². The van der Waals surface area contributed by atoms with Crippen LogP contribution in [-0.2, 0) is 0 Å². The van der Waals surface area contributed by atoms with Crippen LogP contribution < -0.4 is 10.6 Å². The van der Waals surface area contributed by atoms with Crippen LogP contribution in [0, 0.1) is 11.3 Å². The predicted molar refractivity (Wildman–Crippen MR) is 88.0 cm³/mol. The lowest BCUT2D eigenvalue weighted by atomic mass is 10.0. The summed E-state index contributed by atoms with van der Waals surface area (Å²) in [7, 11) is 0. The fourth-order valence-corrected chi connectivity index (χ4v) is 3.04. The zero-order valence-electron chi connectivity index (χ0n) is 12.5. The molecular weight excluding hydrogens is 260 g/mol. The average Bonchev–Trinajstić information content (AvgIpc) is 2.70. The Kier molecular flexibility index (Phi) is 3.78. The summed E-state index contributed by atoms with van der Waals surface area (Å²) >= 11 is 0. The molecule has 3 rings (SSSR count). The van der Waals surface area contributed by atoms with Gasteiger partial charge < -0.3 is 10.6 Å². The van der Waals surface area contributed by atoms with Crippen molar-refractivity contribution in [2.75, 3.05) is 18.0 Å². The molecule has 1 aliphatic rings. The fraction of sp³-hybridized carbons (Fsp3) is 0.412. The number of aromatic nitrogens is 1. The first-order valence-corrected chi connectivity index (χ1v) is 7.64. The van der Waals surface area contributed by atoms with Crippen LogP contribution >= 0.6 is 0 Å². The van der Waals surface area contributed by atoms with Crippen molar-refractivity contribution in [2.45, 2.75) is 26.2 Å². The zero-order chi connectivity index (χ0) is 14.8. The number of amidine groups is 1. The van der Waals surface area contributed by atoms with E-state index >= 15 is 0 Å². The Morgan fingerprint density at radius 1 is 1.29 bits per heavy atom. The molecule has 1 aromatic heterocycles. The van der Waals surface area contributed by atoms with Gasteiger partial charge in [-0.1, -0.05) is 25.1 Å². The van der Waals surface area contributed by atoms with E-state index in [4.69, 9.17) is 16.1 Å². The number of fused-ring (bicyclic) bond motifs is 1. The molecule has 1 atom stereocenters. The summed E-state index contributed by atoms with van der Waals surface area (Å²) in [4.78, 5) is 7.12. The normalized spacial score (nSPS) is 19.5. The van der Waals surface area contributed by atoms with Crippen LogP contribution in [0.15, 0.2) is 30.3 Å². The van der Waals surface area contributed by atoms with E-state index in [1.807, 2.05) is 30.3 Å². The number of nitrogens with one attached hydrogen (secondary N) is 1. The third kappa shape index (κ3) is 2.84. The minimum atomic E-state index is 0.109. The van der Waals surface area contributed by atoms with Crippen LogP contribution in [0.25, 0.3) is 10.9 Å². The van der Waals surface area contributed by atoms with Crippen LogP contribution in [0.5, 0.6) is 0 Å². The molecule has 110 valence electrons. The van der Waals surface area contributed by atoms with Crippen molar-refractivity contribution in [2.24, 2.45) is 11.7 Å². The van der Waals surface area contributed by atoms with Gasteiger partial charge in [0.2, 0.25) is 0 Å². The largest absolute Gasteiger partial charge is 0.384 e. The Morgan fingerprint density at radius 2 is 2.10 bits per heavy atom. The number of nitrogens with two attached hydrogens (primary N) is 1. The van der Waals surface area contributed by atoms with Gasteiger partial charge in [0.05, 0.1) is 5.52 Å². The van der Waals surface area contributed by atoms with Gasteiger partial charge in [-0.3, -0.25) is 5.41 Å². The van der Waals surface area contributed by atoms with Gasteiger partial charge in [-0.05, 0) is 37.3 Å². The number of hydrogen-bond donors (Lipinski definition) is 2. The maximum Gasteiger partial charge on any atom is 0.129 e. The van der Waals surface area contributed by atoms with Crippen molar-refractivity contribution in [3.8, 4) is 0 Å². The number of pyridine rings is 1. The van der Waals surface area contributed by atoms with E-state index in [1.165, 1.54) is 19.3 Å². The van der Waals surface area contributed by atoms with E-state index in [1.54, 1.807) is 0 Å². The second-order valence-electron chi connectivity index (χ2n) is 5.98. The van der Waals surface area contributed by atoms with Gasteiger partial charge >= 0.3 is 0 Å². The summed E-state index contributed by atoms with van der Waals surface area (Å²) in [6.45, 7) is 4.38. The van der Waals surface area contributed by atoms with Crippen LogP contribution in [0.2, 0.25) is 0 Å². The lowest BCUT2D eigenvalue weighted by Gasteiger charge is -2.23. The number of nitrogens with zero attached hydrogens (tertiary/aromatic N) is 2. The number of nitrogen functional groups attached to an aromatic ring is 1. The lowest BCUT2D eigenvalue weighted by molar-refractivity contribution is 0.521. The highest BCUT2D eigenvalue weighted by Crippen LogP contribution is 2.25. The van der Waals surface area contributed by atoms with Crippen molar-refractivity contribution in [1.29, 1.82) is 5.41 Å². The highest BCUT2D eigenvalue weighted by Gasteiger charge is 2.17. The molecule has 4 nitrogen and oxygen atoms in total. The number of benzene rings is 1. The predicted octanol–water partition coefficient (Wildman–Crippen LogP) is 3.15. The second-order valence-corrected chi connectivity index (χ2v) is 5.98. The molecule has 1 unspecified atom stereocenters. The molecule has 1 aliphatic heterocycles. The average molecular weight is 282 g/mol. The summed E-state index contributed by atoms with van der Waals surface area (Å²) in [5, 5.41) is 8.79. The highest BCUT2D eigenvalue weighted by atomic mass is 15.2. The van der Waals surface area contributed by atoms with Gasteiger partial charge in [0, 0.05) is 24.0 Å². The quantitative estimate of drug-likeness (QED) is 0.657. The molecule has 0 bridgehead atoms. The topological polar surface area (TPSA) is 66.0 Å². The molecule has 0 amide bonds. The number of hydrogen-bond acceptors (Lipinski definition) is 3. The van der Waals surface area contributed by atoms with Gasteiger partial charge in [-0.25, -0.2) is 4.98 Å². The van der Waals surface area contributed by atoms with Crippen molar-refractivity contribution in [1.82, 2.24) is 4.98 Å². The molecule has 0 radical (unpaired) electrons. The minimum Gasteiger partial charge on any atom is -0.384 e. The molecule has 1 fully saturated rings. The summed E-state index contributed by atoms with van der Waals surface area (Å²) in [5.74, 6) is 1.84. The van der Waals surface area contributed by atoms with Crippen LogP contribution in [0.3, 0.4) is 0 Å². The zero-order valence-corrected chi connectivity index (χ0v) is 12.5. The molecule has 3 N–H and O–H groups in total. The van der Waals surface area contributed by atoms with Crippen molar-refractivity contribution in [3.05, 3.63) is 35.9 Å². The molecule has 21 heavy (non-hydrogen) atoms. The Bertz CT molecular complexity index is 665. The SMILES string of the molecule is CC1CCCN(c2cc(C(=N)N)c3ccccc3n2)CC1. The number of rotatable bonds is 2. The first-order valence-electron chi connectivity index (χ1n) is 7.64. The summed E-state index contributed by atoms with van der Waals surface area (Å²) in [6.07, 6.45) is 3.68. The molecule has 2 aromatic rings. The van der Waals surface area contributed by atoms with Crippen LogP contribution in [0.1, 0.15) is 31.7 Å². The standard InChI is InChI=1S/C17H22N4/c1-12-5-4-9-21(10-8-12)16-11-14(17(18)19)13-6-2-3-7-15(13)20-16/h2-3,6-7,11-12H,4-5,8-10H2,1H3,(H3,18,19). The summed E-state index contributed by atoms with van der Waals surface area (Å²) in [5.41, 5.74) is 7.47. The van der Waals surface area contributed by atoms with Crippen LogP contribution in [0.4, 0.5) is 5.82 Å². The molecular formula is C17H22N4. The molecule has 0 spiro atoms. The number of para-hydroxylation sites is 1.